The molecule has 0 N–H and O–H groups in total. The molecule has 18 heavy (non-hydrogen) atoms. The Morgan fingerprint density at radius 2 is 1.89 bits per heavy atom. The summed E-state index contributed by atoms with van der Waals surface area (Å²) in [4.78, 5) is 10.8. The molecule has 0 aliphatic carbocycles. The van der Waals surface area contributed by atoms with Crippen LogP contribution in [0.1, 0.15) is 0 Å². The Balaban J connectivity index is 1.99. The van der Waals surface area contributed by atoms with Gasteiger partial charge in [-0.3, -0.25) is 0 Å². The van der Waals surface area contributed by atoms with E-state index in [9.17, 15) is 4.79 Å². The summed E-state index contributed by atoms with van der Waals surface area (Å²) in [5.74, 6) is 0.360. The number of rotatable bonds is 5. The number of hydrogen-bond donors (Lipinski definition) is 0. The van der Waals surface area contributed by atoms with Crippen LogP contribution in [-0.4, -0.2) is 19.2 Å². The zero-order valence-corrected chi connectivity index (χ0v) is 9.96. The Hall–Kier alpha value is -2.29. The SMILES string of the molecule is C=CC(=O)OCCOc1cccc2ccccc12. The van der Waals surface area contributed by atoms with E-state index in [1.54, 1.807) is 0 Å². The molecule has 2 aromatic carbocycles. The molecule has 0 aromatic heterocycles. The largest absolute Gasteiger partial charge is 0.489 e. The molecule has 0 bridgehead atoms. The van der Waals surface area contributed by atoms with Crippen LogP contribution in [0.2, 0.25) is 0 Å². The predicted molar refractivity (Wildman–Crippen MR) is 70.6 cm³/mol. The van der Waals surface area contributed by atoms with Gasteiger partial charge in [0.05, 0.1) is 0 Å². The molecule has 0 fully saturated rings. The third-order valence-electron chi connectivity index (χ3n) is 2.50. The van der Waals surface area contributed by atoms with E-state index in [0.29, 0.717) is 6.61 Å². The van der Waals surface area contributed by atoms with Crippen molar-refractivity contribution in [3.63, 3.8) is 0 Å². The van der Waals surface area contributed by atoms with Crippen LogP contribution >= 0.6 is 0 Å². The van der Waals surface area contributed by atoms with Gasteiger partial charge in [0, 0.05) is 11.5 Å². The van der Waals surface area contributed by atoms with Crippen molar-refractivity contribution in [3.8, 4) is 5.75 Å². The standard InChI is InChI=1S/C15H14O3/c1-2-15(16)18-11-10-17-14-9-5-7-12-6-3-4-8-13(12)14/h2-9H,1,10-11H2. The molecular formula is C15H14O3. The molecule has 0 spiro atoms. The molecule has 3 nitrogen and oxygen atoms in total. The van der Waals surface area contributed by atoms with Crippen LogP contribution in [0.15, 0.2) is 55.1 Å². The first kappa shape index (κ1) is 12.2. The fourth-order valence-electron chi connectivity index (χ4n) is 1.67. The van der Waals surface area contributed by atoms with Gasteiger partial charge in [0.25, 0.3) is 0 Å². The normalized spacial score (nSPS) is 10.0. The molecule has 0 amide bonds. The fraction of sp³-hybridized carbons (Fsp3) is 0.133. The number of carbonyl (C=O) groups excluding carboxylic acids is 1. The minimum absolute atomic E-state index is 0.216. The first-order valence-electron chi connectivity index (χ1n) is 5.71. The summed E-state index contributed by atoms with van der Waals surface area (Å²) in [6.45, 7) is 3.87. The predicted octanol–water partition coefficient (Wildman–Crippen LogP) is 2.95. The van der Waals surface area contributed by atoms with E-state index in [0.717, 1.165) is 22.6 Å². The highest BCUT2D eigenvalue weighted by Gasteiger charge is 2.01. The molecule has 0 atom stereocenters. The molecule has 0 saturated heterocycles. The van der Waals surface area contributed by atoms with Gasteiger partial charge in [-0.05, 0) is 11.5 Å². The first-order chi connectivity index (χ1) is 8.81. The quantitative estimate of drug-likeness (QED) is 0.459. The lowest BCUT2D eigenvalue weighted by molar-refractivity contribution is -0.138. The molecule has 0 saturated carbocycles. The van der Waals surface area contributed by atoms with Crippen LogP contribution in [0.25, 0.3) is 10.8 Å². The third-order valence-corrected chi connectivity index (χ3v) is 2.50. The van der Waals surface area contributed by atoms with Gasteiger partial charge >= 0.3 is 5.97 Å². The minimum Gasteiger partial charge on any atom is -0.489 e. The molecule has 0 radical (unpaired) electrons. The lowest BCUT2D eigenvalue weighted by Crippen LogP contribution is -2.10. The third kappa shape index (κ3) is 2.88. The van der Waals surface area contributed by atoms with Crippen LogP contribution in [0, 0.1) is 0 Å². The maximum Gasteiger partial charge on any atom is 0.330 e. The van der Waals surface area contributed by atoms with E-state index < -0.39 is 5.97 Å². The monoisotopic (exact) mass is 242 g/mol. The van der Waals surface area contributed by atoms with Gasteiger partial charge in [-0.2, -0.15) is 0 Å². The van der Waals surface area contributed by atoms with Crippen molar-refractivity contribution >= 4 is 16.7 Å². The summed E-state index contributed by atoms with van der Waals surface area (Å²) in [5, 5.41) is 2.17. The second-order valence-corrected chi connectivity index (χ2v) is 3.70. The van der Waals surface area contributed by atoms with Gasteiger partial charge in [0.1, 0.15) is 19.0 Å². The Kier molecular flexibility index (Phi) is 3.97. The average Bonchev–Trinajstić information content (AvgIpc) is 2.43. The second-order valence-electron chi connectivity index (χ2n) is 3.70. The summed E-state index contributed by atoms with van der Waals surface area (Å²) < 4.78 is 10.4. The van der Waals surface area contributed by atoms with Crippen molar-refractivity contribution in [1.29, 1.82) is 0 Å². The topological polar surface area (TPSA) is 35.5 Å². The van der Waals surface area contributed by atoms with Crippen molar-refractivity contribution in [3.05, 3.63) is 55.1 Å². The summed E-state index contributed by atoms with van der Waals surface area (Å²) in [7, 11) is 0. The van der Waals surface area contributed by atoms with Crippen LogP contribution in [0.3, 0.4) is 0 Å². The van der Waals surface area contributed by atoms with E-state index in [4.69, 9.17) is 9.47 Å². The van der Waals surface area contributed by atoms with E-state index >= 15 is 0 Å². The van der Waals surface area contributed by atoms with Crippen molar-refractivity contribution in [2.24, 2.45) is 0 Å². The summed E-state index contributed by atoms with van der Waals surface area (Å²) in [5.41, 5.74) is 0. The van der Waals surface area contributed by atoms with E-state index in [2.05, 4.69) is 6.58 Å². The van der Waals surface area contributed by atoms with Gasteiger partial charge in [0.15, 0.2) is 0 Å². The van der Waals surface area contributed by atoms with Crippen LogP contribution in [-0.2, 0) is 9.53 Å². The van der Waals surface area contributed by atoms with E-state index in [1.165, 1.54) is 0 Å². The number of fused-ring (bicyclic) bond motifs is 1. The van der Waals surface area contributed by atoms with Crippen molar-refractivity contribution in [2.75, 3.05) is 13.2 Å². The maximum atomic E-state index is 10.8. The number of carbonyl (C=O) groups is 1. The smallest absolute Gasteiger partial charge is 0.330 e. The average molecular weight is 242 g/mol. The van der Waals surface area contributed by atoms with Gasteiger partial charge in [-0.25, -0.2) is 4.79 Å². The number of hydrogen-bond acceptors (Lipinski definition) is 3. The highest BCUT2D eigenvalue weighted by Crippen LogP contribution is 2.24. The minimum atomic E-state index is -0.434. The number of benzene rings is 2. The first-order valence-corrected chi connectivity index (χ1v) is 5.71. The fourth-order valence-corrected chi connectivity index (χ4v) is 1.67. The summed E-state index contributed by atoms with van der Waals surface area (Å²) in [6, 6.07) is 13.8. The van der Waals surface area contributed by atoms with Gasteiger partial charge in [-0.1, -0.05) is 43.0 Å². The molecule has 0 unspecified atom stereocenters. The summed E-state index contributed by atoms with van der Waals surface area (Å²) in [6.07, 6.45) is 1.14. The highest BCUT2D eigenvalue weighted by atomic mass is 16.6. The van der Waals surface area contributed by atoms with Crippen molar-refractivity contribution in [1.82, 2.24) is 0 Å². The lowest BCUT2D eigenvalue weighted by Gasteiger charge is -2.09. The van der Waals surface area contributed by atoms with E-state index in [-0.39, 0.29) is 6.61 Å². The Morgan fingerprint density at radius 3 is 2.72 bits per heavy atom. The zero-order valence-electron chi connectivity index (χ0n) is 9.96. The van der Waals surface area contributed by atoms with Crippen molar-refractivity contribution in [2.45, 2.75) is 0 Å². The second kappa shape index (κ2) is 5.87. The van der Waals surface area contributed by atoms with Gasteiger partial charge in [0.2, 0.25) is 0 Å². The maximum absolute atomic E-state index is 10.8. The molecular weight excluding hydrogens is 228 g/mol. The summed E-state index contributed by atoms with van der Waals surface area (Å²) >= 11 is 0. The Morgan fingerprint density at radius 1 is 1.11 bits per heavy atom. The Labute approximate surface area is 106 Å². The number of ether oxygens (including phenoxy) is 2. The highest BCUT2D eigenvalue weighted by molar-refractivity contribution is 5.88. The van der Waals surface area contributed by atoms with Gasteiger partial charge in [-0.15, -0.1) is 0 Å². The molecule has 3 heteroatoms. The van der Waals surface area contributed by atoms with Crippen LogP contribution in [0.4, 0.5) is 0 Å². The lowest BCUT2D eigenvalue weighted by atomic mass is 10.1. The van der Waals surface area contributed by atoms with E-state index in [1.807, 2.05) is 42.5 Å². The molecule has 2 aromatic rings. The molecule has 0 aliphatic heterocycles. The van der Waals surface area contributed by atoms with Gasteiger partial charge < -0.3 is 9.47 Å². The number of esters is 1. The molecule has 92 valence electrons. The van der Waals surface area contributed by atoms with Crippen LogP contribution in [0.5, 0.6) is 5.75 Å². The van der Waals surface area contributed by atoms with Crippen molar-refractivity contribution < 1.29 is 14.3 Å². The Bertz CT molecular complexity index is 555. The molecule has 0 heterocycles. The van der Waals surface area contributed by atoms with Crippen LogP contribution < -0.4 is 4.74 Å². The molecule has 2 rings (SSSR count). The molecule has 0 aliphatic rings. The zero-order chi connectivity index (χ0) is 12.8.